The highest BCUT2D eigenvalue weighted by atomic mass is 16.5. The van der Waals surface area contributed by atoms with E-state index in [1.165, 1.54) is 12.8 Å². The second-order valence-corrected chi connectivity index (χ2v) is 7.29. The Balaban J connectivity index is 1.78. The average molecular weight is 324 g/mol. The van der Waals surface area contributed by atoms with Crippen molar-refractivity contribution in [3.8, 4) is 0 Å². The molecule has 0 aromatic carbocycles. The predicted molar refractivity (Wildman–Crippen MR) is 92.5 cm³/mol. The van der Waals surface area contributed by atoms with Crippen LogP contribution in [-0.4, -0.2) is 62.2 Å². The summed E-state index contributed by atoms with van der Waals surface area (Å²) in [6.07, 6.45) is 5.54. The zero-order chi connectivity index (χ0) is 16.9. The molecule has 2 fully saturated rings. The lowest BCUT2D eigenvalue weighted by Gasteiger charge is -2.26. The van der Waals surface area contributed by atoms with Crippen molar-refractivity contribution in [3.05, 3.63) is 0 Å². The summed E-state index contributed by atoms with van der Waals surface area (Å²) in [5.74, 6) is 1.40. The zero-order valence-electron chi connectivity index (χ0n) is 15.0. The Morgan fingerprint density at radius 1 is 1.30 bits per heavy atom. The third kappa shape index (κ3) is 5.09. The maximum Gasteiger partial charge on any atom is 0.225 e. The minimum absolute atomic E-state index is 0.238. The fourth-order valence-electron chi connectivity index (χ4n) is 3.27. The summed E-state index contributed by atoms with van der Waals surface area (Å²) < 4.78 is 5.41. The van der Waals surface area contributed by atoms with Crippen molar-refractivity contribution in [2.45, 2.75) is 57.6 Å². The van der Waals surface area contributed by atoms with E-state index in [0.29, 0.717) is 12.5 Å². The van der Waals surface area contributed by atoms with Gasteiger partial charge < -0.3 is 20.3 Å². The van der Waals surface area contributed by atoms with Crippen LogP contribution in [0.4, 0.5) is 0 Å². The minimum atomic E-state index is -0.238. The summed E-state index contributed by atoms with van der Waals surface area (Å²) in [5, 5.41) is 6.72. The standard InChI is InChI=1S/C17H32N4O2/c1-17(2,23-4)12-19-16(18-3)20-14-9-10-21(11-14)15(22)13-7-5-6-8-13/h13-14H,5-12H2,1-4H3,(H2,18,19,20). The molecule has 1 atom stereocenters. The van der Waals surface area contributed by atoms with Crippen molar-refractivity contribution >= 4 is 11.9 Å². The van der Waals surface area contributed by atoms with E-state index in [0.717, 1.165) is 38.3 Å². The van der Waals surface area contributed by atoms with Crippen molar-refractivity contribution in [1.82, 2.24) is 15.5 Å². The third-order valence-corrected chi connectivity index (χ3v) is 5.00. The summed E-state index contributed by atoms with van der Waals surface area (Å²) in [6, 6.07) is 0.275. The van der Waals surface area contributed by atoms with Crippen LogP contribution in [0.1, 0.15) is 46.0 Å². The Labute approximate surface area is 140 Å². The highest BCUT2D eigenvalue weighted by Crippen LogP contribution is 2.27. The number of hydrogen-bond donors (Lipinski definition) is 2. The van der Waals surface area contributed by atoms with Gasteiger partial charge in [-0.05, 0) is 33.1 Å². The molecule has 1 unspecified atom stereocenters. The van der Waals surface area contributed by atoms with Crippen LogP contribution in [0.5, 0.6) is 0 Å². The first-order chi connectivity index (χ1) is 10.9. The van der Waals surface area contributed by atoms with Gasteiger partial charge in [-0.15, -0.1) is 0 Å². The highest BCUT2D eigenvalue weighted by molar-refractivity contribution is 5.81. The summed E-state index contributed by atoms with van der Waals surface area (Å²) in [5.41, 5.74) is -0.238. The molecule has 6 heteroatoms. The molecule has 1 saturated heterocycles. The van der Waals surface area contributed by atoms with E-state index in [1.807, 2.05) is 18.7 Å². The molecule has 0 radical (unpaired) electrons. The summed E-state index contributed by atoms with van der Waals surface area (Å²) in [4.78, 5) is 18.8. The smallest absolute Gasteiger partial charge is 0.225 e. The lowest BCUT2D eigenvalue weighted by atomic mass is 10.1. The van der Waals surface area contributed by atoms with Gasteiger partial charge >= 0.3 is 0 Å². The molecule has 23 heavy (non-hydrogen) atoms. The number of carbonyl (C=O) groups is 1. The summed E-state index contributed by atoms with van der Waals surface area (Å²) >= 11 is 0. The molecule has 0 spiro atoms. The van der Waals surface area contributed by atoms with E-state index in [-0.39, 0.29) is 17.6 Å². The molecular formula is C17H32N4O2. The Morgan fingerprint density at radius 2 is 2.00 bits per heavy atom. The van der Waals surface area contributed by atoms with Gasteiger partial charge in [-0.3, -0.25) is 9.79 Å². The monoisotopic (exact) mass is 324 g/mol. The van der Waals surface area contributed by atoms with Crippen molar-refractivity contribution in [1.29, 1.82) is 0 Å². The quantitative estimate of drug-likeness (QED) is 0.592. The van der Waals surface area contributed by atoms with Crippen molar-refractivity contribution < 1.29 is 9.53 Å². The number of hydrogen-bond acceptors (Lipinski definition) is 3. The summed E-state index contributed by atoms with van der Waals surface area (Å²) in [7, 11) is 3.48. The molecule has 0 aromatic heterocycles. The number of carbonyl (C=O) groups excluding carboxylic acids is 1. The number of rotatable bonds is 5. The lowest BCUT2D eigenvalue weighted by Crippen LogP contribution is -2.49. The Morgan fingerprint density at radius 3 is 2.61 bits per heavy atom. The van der Waals surface area contributed by atoms with Gasteiger partial charge in [0, 0.05) is 45.8 Å². The van der Waals surface area contributed by atoms with Crippen LogP contribution < -0.4 is 10.6 Å². The second kappa shape index (κ2) is 7.99. The SMILES string of the molecule is CN=C(NCC(C)(C)OC)NC1CCN(C(=O)C2CCCC2)C1. The molecule has 6 nitrogen and oxygen atoms in total. The molecule has 1 aliphatic carbocycles. The van der Waals surface area contributed by atoms with E-state index >= 15 is 0 Å². The molecule has 2 rings (SSSR count). The van der Waals surface area contributed by atoms with E-state index in [9.17, 15) is 4.79 Å². The highest BCUT2D eigenvalue weighted by Gasteiger charge is 2.32. The molecule has 0 bridgehead atoms. The number of nitrogens with one attached hydrogen (secondary N) is 2. The number of nitrogens with zero attached hydrogens (tertiary/aromatic N) is 2. The van der Waals surface area contributed by atoms with Crippen LogP contribution in [0.2, 0.25) is 0 Å². The van der Waals surface area contributed by atoms with Gasteiger partial charge in [0.15, 0.2) is 5.96 Å². The van der Waals surface area contributed by atoms with Crippen LogP contribution in [0, 0.1) is 5.92 Å². The Bertz CT molecular complexity index is 430. The maximum atomic E-state index is 12.5. The van der Waals surface area contributed by atoms with Crippen molar-refractivity contribution in [3.63, 3.8) is 0 Å². The fraction of sp³-hybridized carbons (Fsp3) is 0.882. The van der Waals surface area contributed by atoms with Gasteiger partial charge in [0.1, 0.15) is 0 Å². The average Bonchev–Trinajstić information content (AvgIpc) is 3.22. The van der Waals surface area contributed by atoms with Crippen LogP contribution in [0.3, 0.4) is 0 Å². The normalized spacial score (nSPS) is 23.4. The number of aliphatic imine (C=N–C) groups is 1. The number of amides is 1. The lowest BCUT2D eigenvalue weighted by molar-refractivity contribution is -0.134. The molecule has 1 heterocycles. The first-order valence-corrected chi connectivity index (χ1v) is 8.76. The van der Waals surface area contributed by atoms with Gasteiger partial charge in [0.05, 0.1) is 5.60 Å². The number of methoxy groups -OCH3 is 1. The van der Waals surface area contributed by atoms with Gasteiger partial charge in [-0.1, -0.05) is 12.8 Å². The van der Waals surface area contributed by atoms with Crippen molar-refractivity contribution in [2.75, 3.05) is 33.8 Å². The number of guanidine groups is 1. The van der Waals surface area contributed by atoms with Gasteiger partial charge in [-0.25, -0.2) is 0 Å². The first kappa shape index (κ1) is 18.0. The second-order valence-electron chi connectivity index (χ2n) is 7.29. The van der Waals surface area contributed by atoms with Gasteiger partial charge in [0.2, 0.25) is 5.91 Å². The molecule has 1 amide bonds. The van der Waals surface area contributed by atoms with E-state index in [1.54, 1.807) is 14.2 Å². The van der Waals surface area contributed by atoms with Crippen LogP contribution in [0.15, 0.2) is 4.99 Å². The fourth-order valence-corrected chi connectivity index (χ4v) is 3.27. The minimum Gasteiger partial charge on any atom is -0.377 e. The van der Waals surface area contributed by atoms with Crippen LogP contribution in [0.25, 0.3) is 0 Å². The Hall–Kier alpha value is -1.30. The molecular weight excluding hydrogens is 292 g/mol. The maximum absolute atomic E-state index is 12.5. The van der Waals surface area contributed by atoms with Crippen LogP contribution >= 0.6 is 0 Å². The topological polar surface area (TPSA) is 66.0 Å². The van der Waals surface area contributed by atoms with E-state index < -0.39 is 0 Å². The Kier molecular flexibility index (Phi) is 6.27. The number of ether oxygens (including phenoxy) is 1. The van der Waals surface area contributed by atoms with Crippen molar-refractivity contribution in [2.24, 2.45) is 10.9 Å². The van der Waals surface area contributed by atoms with E-state index in [4.69, 9.17) is 4.74 Å². The molecule has 2 N–H and O–H groups in total. The molecule has 132 valence electrons. The van der Waals surface area contributed by atoms with Gasteiger partial charge in [-0.2, -0.15) is 0 Å². The number of likely N-dealkylation sites (tertiary alicyclic amines) is 1. The molecule has 1 aliphatic heterocycles. The zero-order valence-corrected chi connectivity index (χ0v) is 15.0. The molecule has 2 aliphatic rings. The largest absolute Gasteiger partial charge is 0.377 e. The molecule has 1 saturated carbocycles. The van der Waals surface area contributed by atoms with Crippen LogP contribution in [-0.2, 0) is 9.53 Å². The third-order valence-electron chi connectivity index (χ3n) is 5.00. The first-order valence-electron chi connectivity index (χ1n) is 8.76. The molecule has 0 aromatic rings. The van der Waals surface area contributed by atoms with Gasteiger partial charge in [0.25, 0.3) is 0 Å². The van der Waals surface area contributed by atoms with E-state index in [2.05, 4.69) is 15.6 Å². The summed E-state index contributed by atoms with van der Waals surface area (Å²) in [6.45, 7) is 6.38. The predicted octanol–water partition coefficient (Wildman–Crippen LogP) is 1.37.